The number of anilines is 1. The van der Waals surface area contributed by atoms with E-state index in [1.54, 1.807) is 29.2 Å². The van der Waals surface area contributed by atoms with Crippen LogP contribution < -0.4 is 5.73 Å². The van der Waals surface area contributed by atoms with Crippen LogP contribution in [-0.4, -0.2) is 9.55 Å². The highest BCUT2D eigenvalue weighted by Crippen LogP contribution is 2.17. The average molecular weight is 191 g/mol. The molecule has 0 atom stereocenters. The van der Waals surface area contributed by atoms with E-state index in [1.807, 2.05) is 6.92 Å². The first-order valence-electron chi connectivity index (χ1n) is 4.23. The number of nitrogen functional groups attached to an aromatic ring is 1. The minimum Gasteiger partial charge on any atom is -0.399 e. The zero-order chi connectivity index (χ0) is 10.1. The summed E-state index contributed by atoms with van der Waals surface area (Å²) >= 11 is 0. The van der Waals surface area contributed by atoms with Gasteiger partial charge in [0.1, 0.15) is 5.82 Å². The lowest BCUT2D eigenvalue weighted by atomic mass is 10.2. The van der Waals surface area contributed by atoms with Crippen molar-refractivity contribution in [2.45, 2.75) is 6.92 Å². The number of aromatic nitrogens is 2. The van der Waals surface area contributed by atoms with E-state index in [0.29, 0.717) is 11.4 Å². The summed E-state index contributed by atoms with van der Waals surface area (Å²) < 4.78 is 15.1. The van der Waals surface area contributed by atoms with Gasteiger partial charge in [-0.2, -0.15) is 0 Å². The van der Waals surface area contributed by atoms with E-state index in [4.69, 9.17) is 5.73 Å². The van der Waals surface area contributed by atoms with Crippen LogP contribution in [0.4, 0.5) is 10.1 Å². The van der Waals surface area contributed by atoms with Crippen LogP contribution in [0.5, 0.6) is 0 Å². The first-order valence-corrected chi connectivity index (χ1v) is 4.23. The SMILES string of the molecule is Cc1cncn1-c1ccc(N)cc1F. The van der Waals surface area contributed by atoms with Crippen LogP contribution in [0.25, 0.3) is 5.69 Å². The molecule has 72 valence electrons. The molecule has 0 aliphatic rings. The fraction of sp³-hybridized carbons (Fsp3) is 0.100. The second-order valence-corrected chi connectivity index (χ2v) is 3.12. The van der Waals surface area contributed by atoms with Gasteiger partial charge < -0.3 is 10.3 Å². The standard InChI is InChI=1S/C10H10FN3/c1-7-5-13-6-14(7)10-3-2-8(12)4-9(10)11/h2-6H,12H2,1H3. The second kappa shape index (κ2) is 3.14. The van der Waals surface area contributed by atoms with Gasteiger partial charge in [0.2, 0.25) is 0 Å². The van der Waals surface area contributed by atoms with Crippen LogP contribution in [-0.2, 0) is 0 Å². The molecule has 1 aromatic carbocycles. The Kier molecular flexibility index (Phi) is 1.96. The Morgan fingerprint density at radius 1 is 1.43 bits per heavy atom. The van der Waals surface area contributed by atoms with Crippen LogP contribution in [0, 0.1) is 12.7 Å². The van der Waals surface area contributed by atoms with Gasteiger partial charge in [-0.05, 0) is 25.1 Å². The first kappa shape index (κ1) is 8.74. The maximum Gasteiger partial charge on any atom is 0.149 e. The Bertz CT molecular complexity index is 462. The average Bonchev–Trinajstić information content (AvgIpc) is 2.52. The van der Waals surface area contributed by atoms with Gasteiger partial charge in [0.05, 0.1) is 12.0 Å². The van der Waals surface area contributed by atoms with E-state index in [2.05, 4.69) is 4.98 Å². The molecule has 2 aromatic rings. The minimum absolute atomic E-state index is 0.342. The van der Waals surface area contributed by atoms with Crippen molar-refractivity contribution in [2.24, 2.45) is 0 Å². The number of rotatable bonds is 1. The minimum atomic E-state index is -0.342. The molecule has 0 saturated carbocycles. The number of nitrogens with two attached hydrogens (primary N) is 1. The lowest BCUT2D eigenvalue weighted by molar-refractivity contribution is 0.617. The first-order chi connectivity index (χ1) is 6.68. The summed E-state index contributed by atoms with van der Waals surface area (Å²) in [5.41, 5.74) is 7.22. The molecule has 0 bridgehead atoms. The molecule has 0 saturated heterocycles. The maximum absolute atomic E-state index is 13.5. The monoisotopic (exact) mass is 191 g/mol. The number of halogens is 1. The molecular formula is C10H10FN3. The molecular weight excluding hydrogens is 181 g/mol. The van der Waals surface area contributed by atoms with Gasteiger partial charge in [0.25, 0.3) is 0 Å². The molecule has 1 heterocycles. The smallest absolute Gasteiger partial charge is 0.149 e. The maximum atomic E-state index is 13.5. The molecule has 0 fully saturated rings. The molecule has 0 unspecified atom stereocenters. The van der Waals surface area contributed by atoms with E-state index in [9.17, 15) is 4.39 Å². The third-order valence-corrected chi connectivity index (χ3v) is 2.05. The van der Waals surface area contributed by atoms with Crippen molar-refractivity contribution < 1.29 is 4.39 Å². The number of hydrogen-bond acceptors (Lipinski definition) is 2. The second-order valence-electron chi connectivity index (χ2n) is 3.12. The van der Waals surface area contributed by atoms with Gasteiger partial charge in [-0.25, -0.2) is 9.37 Å². The van der Waals surface area contributed by atoms with Crippen molar-refractivity contribution in [1.82, 2.24) is 9.55 Å². The highest BCUT2D eigenvalue weighted by Gasteiger charge is 2.06. The zero-order valence-corrected chi connectivity index (χ0v) is 7.74. The van der Waals surface area contributed by atoms with Gasteiger partial charge in [0.15, 0.2) is 0 Å². The van der Waals surface area contributed by atoms with Crippen molar-refractivity contribution in [3.63, 3.8) is 0 Å². The molecule has 0 aliphatic carbocycles. The van der Waals surface area contributed by atoms with Crippen LogP contribution in [0.1, 0.15) is 5.69 Å². The molecule has 0 aliphatic heterocycles. The lowest BCUT2D eigenvalue weighted by Crippen LogP contribution is -1.99. The number of nitrogens with zero attached hydrogens (tertiary/aromatic N) is 2. The van der Waals surface area contributed by atoms with E-state index in [0.717, 1.165) is 5.69 Å². The van der Waals surface area contributed by atoms with Gasteiger partial charge >= 0.3 is 0 Å². The Hall–Kier alpha value is -1.84. The molecule has 2 rings (SSSR count). The predicted molar refractivity (Wildman–Crippen MR) is 52.7 cm³/mol. The summed E-state index contributed by atoms with van der Waals surface area (Å²) in [5.74, 6) is -0.342. The Morgan fingerprint density at radius 2 is 2.21 bits per heavy atom. The molecule has 1 aromatic heterocycles. The van der Waals surface area contributed by atoms with Crippen molar-refractivity contribution >= 4 is 5.69 Å². The van der Waals surface area contributed by atoms with Crippen molar-refractivity contribution in [3.8, 4) is 5.69 Å². The van der Waals surface area contributed by atoms with E-state index in [1.165, 1.54) is 6.07 Å². The van der Waals surface area contributed by atoms with Crippen LogP contribution in [0.2, 0.25) is 0 Å². The highest BCUT2D eigenvalue weighted by molar-refractivity contribution is 5.46. The normalized spacial score (nSPS) is 10.4. The van der Waals surface area contributed by atoms with Gasteiger partial charge in [0, 0.05) is 17.6 Å². The fourth-order valence-electron chi connectivity index (χ4n) is 1.33. The molecule has 3 nitrogen and oxygen atoms in total. The predicted octanol–water partition coefficient (Wildman–Crippen LogP) is 1.90. The summed E-state index contributed by atoms with van der Waals surface area (Å²) in [6.07, 6.45) is 3.25. The van der Waals surface area contributed by atoms with Gasteiger partial charge in [-0.1, -0.05) is 0 Å². The fourth-order valence-corrected chi connectivity index (χ4v) is 1.33. The van der Waals surface area contributed by atoms with Crippen LogP contribution in [0.15, 0.2) is 30.7 Å². The largest absolute Gasteiger partial charge is 0.399 e. The third kappa shape index (κ3) is 1.35. The van der Waals surface area contributed by atoms with Crippen LogP contribution in [0.3, 0.4) is 0 Å². The van der Waals surface area contributed by atoms with Gasteiger partial charge in [-0.3, -0.25) is 0 Å². The third-order valence-electron chi connectivity index (χ3n) is 2.05. The molecule has 14 heavy (non-hydrogen) atoms. The Morgan fingerprint density at radius 3 is 2.79 bits per heavy atom. The lowest BCUT2D eigenvalue weighted by Gasteiger charge is -2.06. The quantitative estimate of drug-likeness (QED) is 0.699. The highest BCUT2D eigenvalue weighted by atomic mass is 19.1. The molecule has 2 N–H and O–H groups in total. The summed E-state index contributed by atoms with van der Waals surface area (Å²) in [4.78, 5) is 3.93. The van der Waals surface area contributed by atoms with Crippen LogP contribution >= 0.6 is 0 Å². The summed E-state index contributed by atoms with van der Waals surface area (Å²) in [6.45, 7) is 1.86. The van der Waals surface area contributed by atoms with Crippen molar-refractivity contribution in [3.05, 3.63) is 42.2 Å². The van der Waals surface area contributed by atoms with E-state index >= 15 is 0 Å². The van der Waals surface area contributed by atoms with E-state index < -0.39 is 0 Å². The number of imidazole rings is 1. The van der Waals surface area contributed by atoms with Crippen molar-refractivity contribution in [2.75, 3.05) is 5.73 Å². The summed E-state index contributed by atoms with van der Waals surface area (Å²) in [7, 11) is 0. The number of benzene rings is 1. The number of hydrogen-bond donors (Lipinski definition) is 1. The van der Waals surface area contributed by atoms with E-state index in [-0.39, 0.29) is 5.82 Å². The number of aryl methyl sites for hydroxylation is 1. The molecule has 0 radical (unpaired) electrons. The molecule has 0 spiro atoms. The van der Waals surface area contributed by atoms with Gasteiger partial charge in [-0.15, -0.1) is 0 Å². The Labute approximate surface area is 81.0 Å². The Balaban J connectivity index is 2.58. The summed E-state index contributed by atoms with van der Waals surface area (Å²) in [6, 6.07) is 4.60. The topological polar surface area (TPSA) is 43.8 Å². The molecule has 4 heteroatoms. The van der Waals surface area contributed by atoms with Crippen molar-refractivity contribution in [1.29, 1.82) is 0 Å². The zero-order valence-electron chi connectivity index (χ0n) is 7.74. The molecule has 0 amide bonds. The summed E-state index contributed by atoms with van der Waals surface area (Å²) in [5, 5.41) is 0.